The first-order valence-electron chi connectivity index (χ1n) is 10.9. The fraction of sp³-hybridized carbons (Fsp3) is 0.700. The molecule has 0 aromatic heterocycles. The normalized spacial score (nSPS) is 15.2. The Morgan fingerprint density at radius 3 is 1.71 bits per heavy atom. The van der Waals surface area contributed by atoms with E-state index < -0.39 is 72.6 Å². The standard InChI is InChI=1S/C20H35N5O9/c1-3-10(2)16(22)19(32)23-11(6-4-5-7-21)17(30)24-12(8-14(26)27)18(31)25-13(20(33)34)9-15(28)29/h10-13,16H,3-9,21-22H2,1-2H3,(H,23,32)(H,24,30)(H,25,31)(H,26,27)(H,28,29)(H,33,34). The zero-order chi connectivity index (χ0) is 26.4. The van der Waals surface area contributed by atoms with Gasteiger partial charge in [0.2, 0.25) is 17.7 Å². The van der Waals surface area contributed by atoms with Gasteiger partial charge in [-0.2, -0.15) is 0 Å². The largest absolute Gasteiger partial charge is 0.481 e. The Balaban J connectivity index is 5.58. The van der Waals surface area contributed by atoms with Crippen LogP contribution in [0.4, 0.5) is 0 Å². The van der Waals surface area contributed by atoms with E-state index in [0.717, 1.165) is 0 Å². The van der Waals surface area contributed by atoms with Crippen molar-refractivity contribution in [2.45, 2.75) is 76.5 Å². The van der Waals surface area contributed by atoms with Crippen molar-refractivity contribution in [2.75, 3.05) is 6.54 Å². The third-order valence-electron chi connectivity index (χ3n) is 5.14. The van der Waals surface area contributed by atoms with Crippen molar-refractivity contribution >= 4 is 35.6 Å². The molecule has 5 atom stereocenters. The SMILES string of the molecule is CCC(C)C(N)C(=O)NC(CCCCN)C(=O)NC(CC(=O)O)C(=O)NC(CC(=O)O)C(=O)O. The summed E-state index contributed by atoms with van der Waals surface area (Å²) in [6.45, 7) is 3.93. The van der Waals surface area contributed by atoms with Gasteiger partial charge in [-0.15, -0.1) is 0 Å². The van der Waals surface area contributed by atoms with Crippen molar-refractivity contribution in [1.29, 1.82) is 0 Å². The first-order chi connectivity index (χ1) is 15.8. The molecule has 14 heteroatoms. The second-order valence-electron chi connectivity index (χ2n) is 7.91. The molecule has 5 unspecified atom stereocenters. The monoisotopic (exact) mass is 489 g/mol. The predicted octanol–water partition coefficient (Wildman–Crippen LogP) is -2.02. The summed E-state index contributed by atoms with van der Waals surface area (Å²) in [4.78, 5) is 71.0. The van der Waals surface area contributed by atoms with Crippen molar-refractivity contribution in [2.24, 2.45) is 17.4 Å². The number of carbonyl (C=O) groups is 6. The third kappa shape index (κ3) is 11.6. The smallest absolute Gasteiger partial charge is 0.326 e. The van der Waals surface area contributed by atoms with Gasteiger partial charge in [-0.1, -0.05) is 20.3 Å². The van der Waals surface area contributed by atoms with E-state index in [1.807, 2.05) is 12.2 Å². The quantitative estimate of drug-likeness (QED) is 0.103. The van der Waals surface area contributed by atoms with Crippen LogP contribution >= 0.6 is 0 Å². The van der Waals surface area contributed by atoms with Crippen LogP contribution < -0.4 is 27.4 Å². The fourth-order valence-corrected chi connectivity index (χ4v) is 2.85. The number of nitrogens with two attached hydrogens (primary N) is 2. The van der Waals surface area contributed by atoms with E-state index in [9.17, 15) is 28.8 Å². The van der Waals surface area contributed by atoms with Crippen molar-refractivity contribution in [1.82, 2.24) is 16.0 Å². The highest BCUT2D eigenvalue weighted by atomic mass is 16.4. The van der Waals surface area contributed by atoms with Gasteiger partial charge in [0.1, 0.15) is 18.1 Å². The van der Waals surface area contributed by atoms with Crippen LogP contribution in [0, 0.1) is 5.92 Å². The van der Waals surface area contributed by atoms with Crippen LogP contribution in [-0.4, -0.2) is 81.7 Å². The van der Waals surface area contributed by atoms with Crippen molar-refractivity contribution in [3.8, 4) is 0 Å². The molecule has 0 aliphatic heterocycles. The first-order valence-corrected chi connectivity index (χ1v) is 10.9. The third-order valence-corrected chi connectivity index (χ3v) is 5.14. The number of carboxylic acids is 3. The number of carboxylic acid groups (broad SMARTS) is 3. The lowest BCUT2D eigenvalue weighted by Crippen LogP contribution is -2.58. The van der Waals surface area contributed by atoms with E-state index >= 15 is 0 Å². The summed E-state index contributed by atoms with van der Waals surface area (Å²) in [5.41, 5.74) is 11.4. The molecule has 194 valence electrons. The molecule has 0 spiro atoms. The van der Waals surface area contributed by atoms with Gasteiger partial charge in [0.15, 0.2) is 0 Å². The Morgan fingerprint density at radius 2 is 1.24 bits per heavy atom. The van der Waals surface area contributed by atoms with Crippen LogP contribution in [0.15, 0.2) is 0 Å². The predicted molar refractivity (Wildman–Crippen MR) is 118 cm³/mol. The van der Waals surface area contributed by atoms with Crippen LogP contribution in [0.5, 0.6) is 0 Å². The highest BCUT2D eigenvalue weighted by Gasteiger charge is 2.32. The van der Waals surface area contributed by atoms with Gasteiger partial charge in [-0.3, -0.25) is 24.0 Å². The molecule has 3 amide bonds. The molecule has 0 heterocycles. The van der Waals surface area contributed by atoms with Gasteiger partial charge < -0.3 is 42.7 Å². The minimum atomic E-state index is -1.84. The topological polar surface area (TPSA) is 251 Å². The minimum Gasteiger partial charge on any atom is -0.481 e. The zero-order valence-electron chi connectivity index (χ0n) is 19.3. The number of aliphatic carboxylic acids is 3. The number of nitrogens with one attached hydrogen (secondary N) is 3. The molecule has 0 radical (unpaired) electrons. The molecular formula is C20H35N5O9. The maximum Gasteiger partial charge on any atom is 0.326 e. The fourth-order valence-electron chi connectivity index (χ4n) is 2.85. The van der Waals surface area contributed by atoms with Gasteiger partial charge in [-0.05, 0) is 31.7 Å². The number of unbranched alkanes of at least 4 members (excludes halogenated alkanes) is 1. The van der Waals surface area contributed by atoms with E-state index in [-0.39, 0.29) is 12.3 Å². The lowest BCUT2D eigenvalue weighted by Gasteiger charge is -2.25. The molecule has 10 N–H and O–H groups in total. The Bertz CT molecular complexity index is 746. The molecule has 0 rings (SSSR count). The second-order valence-corrected chi connectivity index (χ2v) is 7.91. The second kappa shape index (κ2) is 15.6. The van der Waals surface area contributed by atoms with Crippen LogP contribution in [-0.2, 0) is 28.8 Å². The summed E-state index contributed by atoms with van der Waals surface area (Å²) >= 11 is 0. The van der Waals surface area contributed by atoms with Gasteiger partial charge in [0, 0.05) is 0 Å². The molecule has 14 nitrogen and oxygen atoms in total. The minimum absolute atomic E-state index is 0.125. The lowest BCUT2D eigenvalue weighted by molar-refractivity contribution is -0.148. The van der Waals surface area contributed by atoms with E-state index in [1.54, 1.807) is 6.92 Å². The van der Waals surface area contributed by atoms with E-state index in [1.165, 1.54) is 0 Å². The Morgan fingerprint density at radius 1 is 0.765 bits per heavy atom. The molecule has 0 saturated heterocycles. The molecular weight excluding hydrogens is 454 g/mol. The highest BCUT2D eigenvalue weighted by molar-refractivity contribution is 5.96. The molecule has 0 bridgehead atoms. The summed E-state index contributed by atoms with van der Waals surface area (Å²) in [6.07, 6.45) is -0.165. The zero-order valence-corrected chi connectivity index (χ0v) is 19.3. The van der Waals surface area contributed by atoms with Crippen LogP contribution in [0.2, 0.25) is 0 Å². The summed E-state index contributed by atoms with van der Waals surface area (Å²) in [6, 6.07) is -5.63. The molecule has 34 heavy (non-hydrogen) atoms. The molecule has 0 saturated carbocycles. The molecule has 0 aliphatic rings. The van der Waals surface area contributed by atoms with Crippen LogP contribution in [0.25, 0.3) is 0 Å². The van der Waals surface area contributed by atoms with E-state index in [4.69, 9.17) is 26.8 Å². The Labute approximate surface area is 196 Å². The van der Waals surface area contributed by atoms with Gasteiger partial charge in [0.25, 0.3) is 0 Å². The Kier molecular flexibility index (Phi) is 14.1. The summed E-state index contributed by atoms with van der Waals surface area (Å²) < 4.78 is 0. The van der Waals surface area contributed by atoms with Crippen molar-refractivity contribution in [3.05, 3.63) is 0 Å². The maximum absolute atomic E-state index is 12.8. The number of carbonyl (C=O) groups excluding carboxylic acids is 3. The van der Waals surface area contributed by atoms with E-state index in [2.05, 4.69) is 10.6 Å². The lowest BCUT2D eigenvalue weighted by atomic mass is 9.98. The summed E-state index contributed by atoms with van der Waals surface area (Å²) in [7, 11) is 0. The average molecular weight is 490 g/mol. The first kappa shape index (κ1) is 30.7. The number of hydrogen-bond donors (Lipinski definition) is 8. The van der Waals surface area contributed by atoms with Gasteiger partial charge in [-0.25, -0.2) is 4.79 Å². The molecule has 0 aromatic rings. The van der Waals surface area contributed by atoms with Crippen molar-refractivity contribution < 1.29 is 44.1 Å². The molecule has 0 aliphatic carbocycles. The van der Waals surface area contributed by atoms with Crippen LogP contribution in [0.1, 0.15) is 52.4 Å². The molecule has 0 aromatic carbocycles. The Hall–Kier alpha value is -3.26. The van der Waals surface area contributed by atoms with Crippen molar-refractivity contribution in [3.63, 3.8) is 0 Å². The maximum atomic E-state index is 12.8. The number of hydrogen-bond acceptors (Lipinski definition) is 8. The van der Waals surface area contributed by atoms with E-state index in [0.29, 0.717) is 25.8 Å². The summed E-state index contributed by atoms with van der Waals surface area (Å²) in [5, 5.41) is 33.6. The van der Waals surface area contributed by atoms with Gasteiger partial charge >= 0.3 is 17.9 Å². The molecule has 0 fully saturated rings. The summed E-state index contributed by atoms with van der Waals surface area (Å²) in [5.74, 6) is -7.50. The average Bonchev–Trinajstić information content (AvgIpc) is 2.75. The van der Waals surface area contributed by atoms with Gasteiger partial charge in [0.05, 0.1) is 18.9 Å². The number of amides is 3. The number of rotatable bonds is 17. The highest BCUT2D eigenvalue weighted by Crippen LogP contribution is 2.08. The van der Waals surface area contributed by atoms with Crippen LogP contribution in [0.3, 0.4) is 0 Å².